The Bertz CT molecular complexity index is 905. The Morgan fingerprint density at radius 1 is 1.08 bits per heavy atom. The fourth-order valence-electron chi connectivity index (χ4n) is 2.21. The molecule has 1 aromatic carbocycles. The number of aromatic nitrogens is 1. The highest BCUT2D eigenvalue weighted by molar-refractivity contribution is 7.92. The van der Waals surface area contributed by atoms with Gasteiger partial charge in [0.05, 0.1) is 29.6 Å². The van der Waals surface area contributed by atoms with E-state index in [1.165, 1.54) is 0 Å². The van der Waals surface area contributed by atoms with Crippen molar-refractivity contribution >= 4 is 21.5 Å². The first-order valence-corrected chi connectivity index (χ1v) is 8.84. The van der Waals surface area contributed by atoms with Crippen molar-refractivity contribution < 1.29 is 12.8 Å². The summed E-state index contributed by atoms with van der Waals surface area (Å²) in [6.45, 7) is 2.28. The van der Waals surface area contributed by atoms with E-state index >= 15 is 0 Å². The molecule has 0 amide bonds. The van der Waals surface area contributed by atoms with Crippen LogP contribution >= 0.6 is 0 Å². The summed E-state index contributed by atoms with van der Waals surface area (Å²) in [6.07, 6.45) is 3.18. The summed E-state index contributed by atoms with van der Waals surface area (Å²) in [5, 5.41) is 3.14. The molecule has 0 aliphatic carbocycles. The van der Waals surface area contributed by atoms with Crippen molar-refractivity contribution in [3.63, 3.8) is 0 Å². The molecule has 2 aromatic heterocycles. The molecular formula is C17H17N3O3S. The number of rotatable bonds is 6. The number of nitrogens with one attached hydrogen (secondary N) is 2. The summed E-state index contributed by atoms with van der Waals surface area (Å²) in [4.78, 5) is 4.38. The first-order chi connectivity index (χ1) is 11.5. The quantitative estimate of drug-likeness (QED) is 0.716. The van der Waals surface area contributed by atoms with E-state index in [0.717, 1.165) is 11.4 Å². The van der Waals surface area contributed by atoms with Gasteiger partial charge in [-0.05, 0) is 42.8 Å². The molecule has 6 nitrogen and oxygen atoms in total. The zero-order valence-corrected chi connectivity index (χ0v) is 13.9. The molecule has 0 radical (unpaired) electrons. The van der Waals surface area contributed by atoms with Gasteiger partial charge in [0.25, 0.3) is 10.0 Å². The smallest absolute Gasteiger partial charge is 0.263 e. The Hall–Kier alpha value is -2.80. The lowest BCUT2D eigenvalue weighted by molar-refractivity contribution is 0.518. The zero-order chi connectivity index (χ0) is 17.0. The van der Waals surface area contributed by atoms with Gasteiger partial charge in [-0.3, -0.25) is 4.72 Å². The molecular weight excluding hydrogens is 326 g/mol. The molecule has 7 heteroatoms. The summed E-state index contributed by atoms with van der Waals surface area (Å²) in [7, 11) is -3.65. The molecule has 2 heterocycles. The van der Waals surface area contributed by atoms with Gasteiger partial charge in [-0.1, -0.05) is 18.2 Å². The van der Waals surface area contributed by atoms with Gasteiger partial charge >= 0.3 is 0 Å². The lowest BCUT2D eigenvalue weighted by atomic mass is 10.2. The van der Waals surface area contributed by atoms with Gasteiger partial charge < -0.3 is 9.73 Å². The fourth-order valence-corrected chi connectivity index (χ4v) is 3.47. The Kier molecular flexibility index (Phi) is 4.52. The molecule has 3 rings (SSSR count). The third-order valence-electron chi connectivity index (χ3n) is 3.43. The van der Waals surface area contributed by atoms with E-state index in [4.69, 9.17) is 4.42 Å². The zero-order valence-electron chi connectivity index (χ0n) is 13.1. The molecule has 0 spiro atoms. The van der Waals surface area contributed by atoms with Crippen LogP contribution in [0.2, 0.25) is 0 Å². The van der Waals surface area contributed by atoms with Crippen LogP contribution in [0, 0.1) is 6.92 Å². The Morgan fingerprint density at radius 2 is 1.92 bits per heavy atom. The number of anilines is 2. The second-order valence-corrected chi connectivity index (χ2v) is 6.89. The maximum absolute atomic E-state index is 12.4. The topological polar surface area (TPSA) is 84.2 Å². The van der Waals surface area contributed by atoms with Gasteiger partial charge in [-0.15, -0.1) is 0 Å². The average molecular weight is 343 g/mol. The van der Waals surface area contributed by atoms with Crippen LogP contribution in [0.5, 0.6) is 0 Å². The first kappa shape index (κ1) is 16.1. The van der Waals surface area contributed by atoms with Crippen molar-refractivity contribution in [1.29, 1.82) is 0 Å². The monoisotopic (exact) mass is 343 g/mol. The van der Waals surface area contributed by atoms with Crippen LogP contribution in [0.3, 0.4) is 0 Å². The molecule has 0 saturated carbocycles. The third kappa shape index (κ3) is 3.75. The van der Waals surface area contributed by atoms with Crippen LogP contribution in [0.15, 0.2) is 70.3 Å². The number of furan rings is 1. The Balaban J connectivity index is 1.68. The van der Waals surface area contributed by atoms with Crippen molar-refractivity contribution in [3.05, 3.63) is 72.3 Å². The van der Waals surface area contributed by atoms with Crippen molar-refractivity contribution in [2.75, 3.05) is 10.0 Å². The maximum Gasteiger partial charge on any atom is 0.263 e. The van der Waals surface area contributed by atoms with E-state index in [9.17, 15) is 8.42 Å². The fraction of sp³-hybridized carbons (Fsp3) is 0.118. The number of hydrogen-bond donors (Lipinski definition) is 2. The number of aryl methyl sites for hydroxylation is 1. The minimum absolute atomic E-state index is 0.242. The Morgan fingerprint density at radius 3 is 2.58 bits per heavy atom. The van der Waals surface area contributed by atoms with E-state index in [1.54, 1.807) is 55.8 Å². The highest BCUT2D eigenvalue weighted by Crippen LogP contribution is 2.19. The summed E-state index contributed by atoms with van der Waals surface area (Å²) in [5.41, 5.74) is 1.45. The van der Waals surface area contributed by atoms with Crippen molar-refractivity contribution in [3.8, 4) is 0 Å². The SMILES string of the molecule is Cc1ccccc1S(=O)(=O)Nc1ccc(NCc2ccco2)cn1. The number of pyridine rings is 1. The highest BCUT2D eigenvalue weighted by atomic mass is 32.2. The molecule has 0 fully saturated rings. The van der Waals surface area contributed by atoms with Gasteiger partial charge in [-0.2, -0.15) is 0 Å². The van der Waals surface area contributed by atoms with Gasteiger partial charge in [-0.25, -0.2) is 13.4 Å². The van der Waals surface area contributed by atoms with Crippen LogP contribution in [-0.4, -0.2) is 13.4 Å². The molecule has 0 atom stereocenters. The van der Waals surface area contributed by atoms with Gasteiger partial charge in [0.2, 0.25) is 0 Å². The predicted molar refractivity (Wildman–Crippen MR) is 92.3 cm³/mol. The molecule has 0 aliphatic heterocycles. The normalized spacial score (nSPS) is 11.2. The molecule has 0 saturated heterocycles. The number of sulfonamides is 1. The van der Waals surface area contributed by atoms with Crippen LogP contribution < -0.4 is 10.0 Å². The number of hydrogen-bond acceptors (Lipinski definition) is 5. The van der Waals surface area contributed by atoms with Crippen molar-refractivity contribution in [1.82, 2.24) is 4.98 Å². The first-order valence-electron chi connectivity index (χ1n) is 7.35. The van der Waals surface area contributed by atoms with E-state index in [0.29, 0.717) is 12.1 Å². The Labute approximate surface area is 140 Å². The third-order valence-corrected chi connectivity index (χ3v) is 4.95. The molecule has 24 heavy (non-hydrogen) atoms. The minimum Gasteiger partial charge on any atom is -0.467 e. The van der Waals surface area contributed by atoms with Crippen LogP contribution in [0.4, 0.5) is 11.5 Å². The summed E-state index contributed by atoms with van der Waals surface area (Å²) >= 11 is 0. The lowest BCUT2D eigenvalue weighted by Gasteiger charge is -2.10. The molecule has 2 N–H and O–H groups in total. The van der Waals surface area contributed by atoms with Gasteiger partial charge in [0, 0.05) is 0 Å². The number of nitrogens with zero attached hydrogens (tertiary/aromatic N) is 1. The predicted octanol–water partition coefficient (Wildman–Crippen LogP) is 3.40. The highest BCUT2D eigenvalue weighted by Gasteiger charge is 2.16. The molecule has 0 aliphatic rings. The summed E-state index contributed by atoms with van der Waals surface area (Å²) in [6, 6.07) is 13.9. The second-order valence-electron chi connectivity index (χ2n) is 5.24. The minimum atomic E-state index is -3.65. The van der Waals surface area contributed by atoms with Crippen LogP contribution in [0.25, 0.3) is 0 Å². The van der Waals surface area contributed by atoms with E-state index < -0.39 is 10.0 Å². The van der Waals surface area contributed by atoms with E-state index in [2.05, 4.69) is 15.0 Å². The summed E-state index contributed by atoms with van der Waals surface area (Å²) < 4.78 is 32.5. The van der Waals surface area contributed by atoms with E-state index in [1.807, 2.05) is 12.1 Å². The lowest BCUT2D eigenvalue weighted by Crippen LogP contribution is -2.15. The van der Waals surface area contributed by atoms with Crippen molar-refractivity contribution in [2.24, 2.45) is 0 Å². The molecule has 124 valence electrons. The van der Waals surface area contributed by atoms with E-state index in [-0.39, 0.29) is 10.7 Å². The standard InChI is InChI=1S/C17H17N3O3S/c1-13-5-2-3-7-16(13)24(21,22)20-17-9-8-14(11-19-17)18-12-15-6-4-10-23-15/h2-11,18H,12H2,1H3,(H,19,20). The maximum atomic E-state index is 12.4. The summed E-state index contributed by atoms with van der Waals surface area (Å²) in [5.74, 6) is 1.07. The largest absolute Gasteiger partial charge is 0.467 e. The molecule has 3 aromatic rings. The number of benzene rings is 1. The molecule has 0 bridgehead atoms. The second kappa shape index (κ2) is 6.76. The average Bonchev–Trinajstić information content (AvgIpc) is 3.07. The molecule has 0 unspecified atom stereocenters. The van der Waals surface area contributed by atoms with Crippen LogP contribution in [-0.2, 0) is 16.6 Å². The van der Waals surface area contributed by atoms with Crippen molar-refractivity contribution in [2.45, 2.75) is 18.4 Å². The van der Waals surface area contributed by atoms with Gasteiger partial charge in [0.15, 0.2) is 0 Å². The van der Waals surface area contributed by atoms with Gasteiger partial charge in [0.1, 0.15) is 11.6 Å². The van der Waals surface area contributed by atoms with Crippen LogP contribution in [0.1, 0.15) is 11.3 Å².